The number of sulfone groups is 2. The number of rotatable bonds is 5. The molecule has 1 N–H and O–H groups in total. The Labute approximate surface area is 189 Å². The van der Waals surface area contributed by atoms with E-state index in [2.05, 4.69) is 10.2 Å². The lowest BCUT2D eigenvalue weighted by Crippen LogP contribution is -2.55. The number of carbonyl (C=O) groups is 1. The Morgan fingerprint density at radius 1 is 0.938 bits per heavy atom. The molecule has 2 aromatic rings. The molecule has 10 heteroatoms. The maximum atomic E-state index is 13.4. The fraction of sp³-hybridized carbons (Fsp3) is 0.409. The van der Waals surface area contributed by atoms with Gasteiger partial charge in [0.05, 0.1) is 21.7 Å². The fourth-order valence-corrected chi connectivity index (χ4v) is 9.32. The molecule has 0 aromatic heterocycles. The highest BCUT2D eigenvalue weighted by Crippen LogP contribution is 2.30. The molecule has 1 amide bonds. The van der Waals surface area contributed by atoms with E-state index in [0.29, 0.717) is 31.9 Å². The molecule has 2 aliphatic heterocycles. The average Bonchev–Trinajstić information content (AvgIpc) is 3.11. The molecule has 2 atom stereocenters. The first-order chi connectivity index (χ1) is 15.2. The van der Waals surface area contributed by atoms with Crippen molar-refractivity contribution >= 4 is 37.0 Å². The Morgan fingerprint density at radius 3 is 2.16 bits per heavy atom. The first-order valence-electron chi connectivity index (χ1n) is 10.5. The Bertz CT molecular complexity index is 1170. The fourth-order valence-electron chi connectivity index (χ4n) is 4.49. The van der Waals surface area contributed by atoms with Crippen LogP contribution in [0.2, 0.25) is 0 Å². The van der Waals surface area contributed by atoms with E-state index in [1.54, 1.807) is 0 Å². The van der Waals surface area contributed by atoms with Crippen molar-refractivity contribution in [2.45, 2.75) is 23.1 Å². The third-order valence-electron chi connectivity index (χ3n) is 6.08. The van der Waals surface area contributed by atoms with E-state index in [9.17, 15) is 21.6 Å². The minimum atomic E-state index is -3.87. The summed E-state index contributed by atoms with van der Waals surface area (Å²) in [5.74, 6) is -0.768. The highest BCUT2D eigenvalue weighted by Gasteiger charge is 2.48. The number of nitrogens with one attached hydrogen (secondary N) is 1. The molecule has 2 heterocycles. The van der Waals surface area contributed by atoms with Gasteiger partial charge < -0.3 is 10.2 Å². The molecule has 0 unspecified atom stereocenters. The van der Waals surface area contributed by atoms with Crippen LogP contribution in [-0.4, -0.2) is 76.6 Å². The van der Waals surface area contributed by atoms with Gasteiger partial charge in [-0.3, -0.25) is 9.69 Å². The molecule has 8 nitrogen and oxygen atoms in total. The number of amides is 1. The molecular weight excluding hydrogens is 450 g/mol. The van der Waals surface area contributed by atoms with E-state index < -0.39 is 31.0 Å². The largest absolute Gasteiger partial charge is 0.369 e. The van der Waals surface area contributed by atoms with E-state index in [-0.39, 0.29) is 22.3 Å². The van der Waals surface area contributed by atoms with E-state index >= 15 is 0 Å². The van der Waals surface area contributed by atoms with Gasteiger partial charge in [-0.15, -0.1) is 0 Å². The number of hydrogen-bond donors (Lipinski definition) is 1. The summed E-state index contributed by atoms with van der Waals surface area (Å²) in [4.78, 5) is 15.5. The summed E-state index contributed by atoms with van der Waals surface area (Å²) >= 11 is 0. The minimum Gasteiger partial charge on any atom is -0.369 e. The number of para-hydroxylation sites is 1. The normalized spacial score (nSPS) is 23.7. The number of anilines is 2. The second kappa shape index (κ2) is 8.84. The van der Waals surface area contributed by atoms with Gasteiger partial charge in [0.2, 0.25) is 5.91 Å². The first-order valence-corrected chi connectivity index (χ1v) is 13.9. The molecule has 0 aliphatic carbocycles. The van der Waals surface area contributed by atoms with Crippen molar-refractivity contribution in [3.63, 3.8) is 0 Å². The van der Waals surface area contributed by atoms with Crippen LogP contribution in [0.4, 0.5) is 11.4 Å². The molecule has 0 radical (unpaired) electrons. The highest BCUT2D eigenvalue weighted by molar-refractivity contribution is 7.96. The maximum absolute atomic E-state index is 13.4. The quantitative estimate of drug-likeness (QED) is 0.694. The molecule has 32 heavy (non-hydrogen) atoms. The molecular formula is C22H27N3O5S2. The van der Waals surface area contributed by atoms with Crippen molar-refractivity contribution in [2.24, 2.45) is 0 Å². The zero-order chi connectivity index (χ0) is 22.9. The second-order valence-electron chi connectivity index (χ2n) is 8.29. The summed E-state index contributed by atoms with van der Waals surface area (Å²) in [6.07, 6.45) is 0. The van der Waals surface area contributed by atoms with E-state index in [4.69, 9.17) is 0 Å². The van der Waals surface area contributed by atoms with Gasteiger partial charge in [-0.1, -0.05) is 18.2 Å². The lowest BCUT2D eigenvalue weighted by molar-refractivity contribution is -0.114. The van der Waals surface area contributed by atoms with Crippen molar-refractivity contribution in [1.29, 1.82) is 0 Å². The molecule has 172 valence electrons. The van der Waals surface area contributed by atoms with Crippen LogP contribution in [0, 0.1) is 0 Å². The third-order valence-corrected chi connectivity index (χ3v) is 10.2. The van der Waals surface area contributed by atoms with Crippen LogP contribution >= 0.6 is 0 Å². The van der Waals surface area contributed by atoms with Gasteiger partial charge in [-0.2, -0.15) is 0 Å². The van der Waals surface area contributed by atoms with Gasteiger partial charge in [-0.25, -0.2) is 16.8 Å². The summed E-state index contributed by atoms with van der Waals surface area (Å²) in [6, 6.07) is 15.3. The highest BCUT2D eigenvalue weighted by atomic mass is 32.2. The van der Waals surface area contributed by atoms with Crippen LogP contribution in [0.1, 0.15) is 6.92 Å². The Kier molecular flexibility index (Phi) is 6.28. The van der Waals surface area contributed by atoms with Gasteiger partial charge >= 0.3 is 0 Å². The molecule has 4 rings (SSSR count). The lowest BCUT2D eigenvalue weighted by atomic mass is 10.1. The minimum absolute atomic E-state index is 0.0709. The summed E-state index contributed by atoms with van der Waals surface area (Å²) < 4.78 is 51.8. The summed E-state index contributed by atoms with van der Waals surface area (Å²) in [6.45, 7) is 3.98. The smallest absolute Gasteiger partial charge is 0.221 e. The van der Waals surface area contributed by atoms with Crippen molar-refractivity contribution < 1.29 is 21.6 Å². The zero-order valence-electron chi connectivity index (χ0n) is 17.8. The van der Waals surface area contributed by atoms with Crippen LogP contribution in [0.15, 0.2) is 59.5 Å². The van der Waals surface area contributed by atoms with Crippen molar-refractivity contribution in [3.05, 3.63) is 54.6 Å². The number of benzene rings is 2. The predicted molar refractivity (Wildman–Crippen MR) is 124 cm³/mol. The molecule has 2 aromatic carbocycles. The van der Waals surface area contributed by atoms with Crippen LogP contribution in [0.5, 0.6) is 0 Å². The average molecular weight is 478 g/mol. The van der Waals surface area contributed by atoms with Gasteiger partial charge in [0.25, 0.3) is 0 Å². The van der Waals surface area contributed by atoms with Crippen LogP contribution in [-0.2, 0) is 24.5 Å². The number of nitrogens with zero attached hydrogens (tertiary/aromatic N) is 2. The van der Waals surface area contributed by atoms with E-state index in [0.717, 1.165) is 5.69 Å². The van der Waals surface area contributed by atoms with Crippen LogP contribution in [0.25, 0.3) is 0 Å². The maximum Gasteiger partial charge on any atom is 0.221 e. The van der Waals surface area contributed by atoms with Gasteiger partial charge in [0, 0.05) is 50.5 Å². The SMILES string of the molecule is CC(=O)Nc1ccc(S(=O)(=O)[C@H]2CS(=O)(=O)C[C@@H]2N2CCN(c3ccccc3)CC2)cc1. The Balaban J connectivity index is 1.53. The van der Waals surface area contributed by atoms with Gasteiger partial charge in [0.15, 0.2) is 19.7 Å². The standard InChI is InChI=1S/C22H27N3O5S2/c1-17(26)23-18-7-9-20(10-8-18)32(29,30)22-16-31(27,28)15-21(22)25-13-11-24(12-14-25)19-5-3-2-4-6-19/h2-10,21-22H,11-16H2,1H3,(H,23,26)/t21-,22-/m0/s1. The Morgan fingerprint density at radius 2 is 1.56 bits per heavy atom. The van der Waals surface area contributed by atoms with Crippen LogP contribution in [0.3, 0.4) is 0 Å². The lowest BCUT2D eigenvalue weighted by Gasteiger charge is -2.40. The Hall–Kier alpha value is -2.43. The molecule has 0 spiro atoms. The molecule has 2 saturated heterocycles. The number of carbonyl (C=O) groups excluding carboxylic acids is 1. The van der Waals surface area contributed by atoms with Crippen molar-refractivity contribution in [1.82, 2.24) is 4.90 Å². The van der Waals surface area contributed by atoms with Crippen LogP contribution < -0.4 is 10.2 Å². The number of hydrogen-bond acceptors (Lipinski definition) is 7. The summed E-state index contributed by atoms with van der Waals surface area (Å²) in [5, 5.41) is 1.59. The topological polar surface area (TPSA) is 104 Å². The van der Waals surface area contributed by atoms with Crippen molar-refractivity contribution in [3.8, 4) is 0 Å². The number of piperazine rings is 1. The van der Waals surface area contributed by atoms with Gasteiger partial charge in [0.1, 0.15) is 0 Å². The van der Waals surface area contributed by atoms with Gasteiger partial charge in [-0.05, 0) is 36.4 Å². The molecule has 0 bridgehead atoms. The first kappa shape index (κ1) is 22.8. The molecule has 2 fully saturated rings. The summed E-state index contributed by atoms with van der Waals surface area (Å²) in [5.41, 5.74) is 1.60. The van der Waals surface area contributed by atoms with Crippen molar-refractivity contribution in [2.75, 3.05) is 47.9 Å². The predicted octanol–water partition coefficient (Wildman–Crippen LogP) is 1.41. The van der Waals surface area contributed by atoms with E-state index in [1.807, 2.05) is 35.2 Å². The monoisotopic (exact) mass is 477 g/mol. The third kappa shape index (κ3) is 4.82. The molecule has 0 saturated carbocycles. The van der Waals surface area contributed by atoms with E-state index in [1.165, 1.54) is 31.2 Å². The molecule has 2 aliphatic rings. The second-order valence-corrected chi connectivity index (χ2v) is 12.6. The zero-order valence-corrected chi connectivity index (χ0v) is 19.5. The summed E-state index contributed by atoms with van der Waals surface area (Å²) in [7, 11) is -7.33.